The zero-order chi connectivity index (χ0) is 20.8. The van der Waals surface area contributed by atoms with E-state index in [-0.39, 0.29) is 5.91 Å². The largest absolute Gasteiger partial charge is 0.453 e. The number of ether oxygens (including phenoxy) is 1. The first-order chi connectivity index (χ1) is 14.0. The van der Waals surface area contributed by atoms with Crippen molar-refractivity contribution in [2.24, 2.45) is 0 Å². The number of fused-ring (bicyclic) bond motifs is 1. The Morgan fingerprint density at radius 1 is 1.07 bits per heavy atom. The maximum absolute atomic E-state index is 12.8. The lowest BCUT2D eigenvalue weighted by molar-refractivity contribution is 0.0937. The van der Waals surface area contributed by atoms with Crippen LogP contribution in [0.2, 0.25) is 0 Å². The Bertz CT molecular complexity index is 906. The second-order valence-corrected chi connectivity index (χ2v) is 9.07. The lowest BCUT2D eigenvalue weighted by atomic mass is 10.0. The molecule has 0 spiro atoms. The highest BCUT2D eigenvalue weighted by molar-refractivity contribution is 7.99. The molecular weight excluding hydrogens is 408 g/mol. The Labute approximate surface area is 178 Å². The number of hydrogen-bond acceptors (Lipinski definition) is 6. The fourth-order valence-corrected chi connectivity index (χ4v) is 5.27. The molecule has 1 heterocycles. The van der Waals surface area contributed by atoms with Gasteiger partial charge in [-0.3, -0.25) is 14.9 Å². The molecule has 0 unspecified atom stereocenters. The first-order valence-corrected chi connectivity index (χ1v) is 11.4. The summed E-state index contributed by atoms with van der Waals surface area (Å²) in [6.07, 6.45) is 3.95. The van der Waals surface area contributed by atoms with Gasteiger partial charge in [0, 0.05) is 15.3 Å². The summed E-state index contributed by atoms with van der Waals surface area (Å²) in [6, 6.07) is 7.38. The third kappa shape index (κ3) is 5.19. The predicted octanol–water partition coefficient (Wildman–Crippen LogP) is 4.88. The van der Waals surface area contributed by atoms with Crippen molar-refractivity contribution in [2.45, 2.75) is 43.9 Å². The molecule has 2 N–H and O–H groups in total. The quantitative estimate of drug-likeness (QED) is 0.520. The lowest BCUT2D eigenvalue weighted by Crippen LogP contribution is -2.31. The number of rotatable bonds is 5. The molecular formula is C21H24N2O4S2. The van der Waals surface area contributed by atoms with E-state index in [1.807, 2.05) is 12.1 Å². The molecule has 1 aromatic heterocycles. The number of anilines is 1. The van der Waals surface area contributed by atoms with E-state index in [9.17, 15) is 14.4 Å². The minimum absolute atomic E-state index is 0.276. The molecule has 0 fully saturated rings. The minimum Gasteiger partial charge on any atom is -0.453 e. The van der Waals surface area contributed by atoms with Crippen molar-refractivity contribution in [1.29, 1.82) is 0 Å². The van der Waals surface area contributed by atoms with Gasteiger partial charge in [0.15, 0.2) is 0 Å². The maximum Gasteiger partial charge on any atom is 0.413 e. The van der Waals surface area contributed by atoms with Gasteiger partial charge in [-0.05, 0) is 61.3 Å². The summed E-state index contributed by atoms with van der Waals surface area (Å²) < 4.78 is 4.55. The van der Waals surface area contributed by atoms with Crippen LogP contribution in [-0.4, -0.2) is 30.8 Å². The van der Waals surface area contributed by atoms with Crippen LogP contribution in [0.5, 0.6) is 0 Å². The molecule has 0 radical (unpaired) electrons. The summed E-state index contributed by atoms with van der Waals surface area (Å²) in [6.45, 7) is 2.08. The highest BCUT2D eigenvalue weighted by Gasteiger charge is 2.27. The van der Waals surface area contributed by atoms with Crippen LogP contribution in [0.3, 0.4) is 0 Å². The maximum atomic E-state index is 12.8. The molecule has 2 aromatic rings. The Morgan fingerprint density at radius 2 is 1.79 bits per heavy atom. The fraction of sp³-hybridized carbons (Fsp3) is 0.381. The van der Waals surface area contributed by atoms with Crippen molar-refractivity contribution in [1.82, 2.24) is 5.32 Å². The van der Waals surface area contributed by atoms with Crippen LogP contribution >= 0.6 is 23.1 Å². The Hall–Kier alpha value is -2.32. The second-order valence-electron chi connectivity index (χ2n) is 6.63. The normalized spacial score (nSPS) is 13.2. The zero-order valence-corrected chi connectivity index (χ0v) is 18.1. The number of amides is 3. The number of imide groups is 1. The van der Waals surface area contributed by atoms with Gasteiger partial charge in [-0.25, -0.2) is 4.79 Å². The highest BCUT2D eigenvalue weighted by Crippen LogP contribution is 2.37. The third-order valence-electron chi connectivity index (χ3n) is 4.70. The first-order valence-electron chi connectivity index (χ1n) is 9.61. The molecule has 3 amide bonds. The SMILES string of the molecule is CCSc1ccc(C(=O)Nc2sc3c(c2C(=O)NC(=O)OC)CCCCC3)cc1. The van der Waals surface area contributed by atoms with E-state index < -0.39 is 12.0 Å². The number of aryl methyl sites for hydroxylation is 1. The third-order valence-corrected chi connectivity index (χ3v) is 6.81. The van der Waals surface area contributed by atoms with E-state index in [4.69, 9.17) is 0 Å². The highest BCUT2D eigenvalue weighted by atomic mass is 32.2. The van der Waals surface area contributed by atoms with Gasteiger partial charge in [0.25, 0.3) is 11.8 Å². The smallest absolute Gasteiger partial charge is 0.413 e. The fourth-order valence-electron chi connectivity index (χ4n) is 3.32. The molecule has 29 heavy (non-hydrogen) atoms. The van der Waals surface area contributed by atoms with Crippen LogP contribution in [0, 0.1) is 0 Å². The Morgan fingerprint density at radius 3 is 2.48 bits per heavy atom. The van der Waals surface area contributed by atoms with E-state index in [1.54, 1.807) is 23.9 Å². The lowest BCUT2D eigenvalue weighted by Gasteiger charge is -2.09. The summed E-state index contributed by atoms with van der Waals surface area (Å²) in [5.74, 6) is 0.146. The van der Waals surface area contributed by atoms with Crippen molar-refractivity contribution in [3.8, 4) is 0 Å². The molecule has 6 nitrogen and oxygen atoms in total. The van der Waals surface area contributed by atoms with Gasteiger partial charge >= 0.3 is 6.09 Å². The van der Waals surface area contributed by atoms with Gasteiger partial charge in [0.2, 0.25) is 0 Å². The number of hydrogen-bond donors (Lipinski definition) is 2. The van der Waals surface area contributed by atoms with E-state index >= 15 is 0 Å². The summed E-state index contributed by atoms with van der Waals surface area (Å²) in [4.78, 5) is 39.3. The van der Waals surface area contributed by atoms with Crippen LogP contribution in [-0.2, 0) is 17.6 Å². The molecule has 3 rings (SSSR count). The molecule has 8 heteroatoms. The Balaban J connectivity index is 1.88. The first kappa shape index (κ1) is 21.4. The molecule has 0 atom stereocenters. The zero-order valence-electron chi connectivity index (χ0n) is 16.5. The molecule has 1 aliphatic rings. The van der Waals surface area contributed by atoms with E-state index in [0.29, 0.717) is 16.1 Å². The topological polar surface area (TPSA) is 84.5 Å². The average Bonchev–Trinajstić information content (AvgIpc) is 2.89. The van der Waals surface area contributed by atoms with Crippen molar-refractivity contribution in [2.75, 3.05) is 18.2 Å². The average molecular weight is 433 g/mol. The van der Waals surface area contributed by atoms with Crippen molar-refractivity contribution in [3.05, 3.63) is 45.8 Å². The standard InChI is InChI=1S/C21H24N2O4S2/c1-3-28-14-11-9-13(10-12-14)18(24)22-20-17(19(25)23-21(26)27-2)15-7-5-4-6-8-16(15)29-20/h9-12H,3-8H2,1-2H3,(H,22,24)(H,23,25,26). The molecule has 1 aliphatic carbocycles. The number of carbonyl (C=O) groups excluding carboxylic acids is 3. The van der Waals surface area contributed by atoms with Gasteiger partial charge < -0.3 is 10.1 Å². The minimum atomic E-state index is -0.815. The second kappa shape index (κ2) is 9.93. The Kier molecular flexibility index (Phi) is 7.33. The molecule has 0 bridgehead atoms. The van der Waals surface area contributed by atoms with Crippen LogP contribution in [0.25, 0.3) is 0 Å². The van der Waals surface area contributed by atoms with E-state index in [1.165, 1.54) is 18.4 Å². The van der Waals surface area contributed by atoms with Crippen LogP contribution in [0.15, 0.2) is 29.2 Å². The monoisotopic (exact) mass is 432 g/mol. The van der Waals surface area contributed by atoms with Gasteiger partial charge in [-0.2, -0.15) is 0 Å². The van der Waals surface area contributed by atoms with Crippen molar-refractivity contribution >= 4 is 46.0 Å². The summed E-state index contributed by atoms with van der Waals surface area (Å²) >= 11 is 3.13. The molecule has 0 saturated carbocycles. The van der Waals surface area contributed by atoms with Gasteiger partial charge in [0.1, 0.15) is 5.00 Å². The van der Waals surface area contributed by atoms with Gasteiger partial charge in [-0.15, -0.1) is 23.1 Å². The number of benzene rings is 1. The van der Waals surface area contributed by atoms with Crippen molar-refractivity contribution in [3.63, 3.8) is 0 Å². The van der Waals surface area contributed by atoms with Crippen molar-refractivity contribution < 1.29 is 19.1 Å². The molecule has 154 valence electrons. The van der Waals surface area contributed by atoms with Crippen LogP contribution < -0.4 is 10.6 Å². The van der Waals surface area contributed by atoms with E-state index in [0.717, 1.165) is 53.2 Å². The summed E-state index contributed by atoms with van der Waals surface area (Å²) in [5.41, 5.74) is 1.83. The number of thioether (sulfide) groups is 1. The molecule has 1 aromatic carbocycles. The van der Waals surface area contributed by atoms with E-state index in [2.05, 4.69) is 22.3 Å². The van der Waals surface area contributed by atoms with Gasteiger partial charge in [0.05, 0.1) is 12.7 Å². The number of methoxy groups -OCH3 is 1. The number of alkyl carbamates (subject to hydrolysis) is 1. The van der Waals surface area contributed by atoms with Crippen LogP contribution in [0.4, 0.5) is 9.80 Å². The molecule has 0 aliphatic heterocycles. The van der Waals surface area contributed by atoms with Crippen LogP contribution in [0.1, 0.15) is 57.3 Å². The number of carbonyl (C=O) groups is 3. The number of nitrogens with one attached hydrogen (secondary N) is 2. The summed E-state index contributed by atoms with van der Waals surface area (Å²) in [5, 5.41) is 5.60. The predicted molar refractivity (Wildman–Crippen MR) is 116 cm³/mol. The summed E-state index contributed by atoms with van der Waals surface area (Å²) in [7, 11) is 1.21. The molecule has 0 saturated heterocycles. The number of thiophene rings is 1. The van der Waals surface area contributed by atoms with Gasteiger partial charge in [-0.1, -0.05) is 13.3 Å².